The number of fused-ring (bicyclic) bond motifs is 1. The topological polar surface area (TPSA) is 59.1 Å². The van der Waals surface area contributed by atoms with Crippen LogP contribution in [-0.2, 0) is 10.0 Å². The normalized spacial score (nSPS) is 11.6. The third kappa shape index (κ3) is 3.03. The van der Waals surface area contributed by atoms with Crippen molar-refractivity contribution in [2.24, 2.45) is 0 Å². The van der Waals surface area contributed by atoms with Crippen LogP contribution in [-0.4, -0.2) is 13.4 Å². The minimum Gasteiger partial charge on any atom is -0.280 e. The van der Waals surface area contributed by atoms with Gasteiger partial charge in [-0.2, -0.15) is 0 Å². The van der Waals surface area contributed by atoms with Gasteiger partial charge in [-0.05, 0) is 61.4 Å². The van der Waals surface area contributed by atoms with Gasteiger partial charge in [-0.1, -0.05) is 6.07 Å². The molecule has 0 radical (unpaired) electrons. The zero-order valence-electron chi connectivity index (χ0n) is 12.7. The van der Waals surface area contributed by atoms with Gasteiger partial charge in [-0.3, -0.25) is 9.71 Å². The molecule has 0 saturated carbocycles. The Balaban J connectivity index is 2.12. The van der Waals surface area contributed by atoms with Crippen LogP contribution < -0.4 is 4.72 Å². The summed E-state index contributed by atoms with van der Waals surface area (Å²) in [6.45, 7) is 3.78. The number of halogens is 1. The number of hydrogen-bond acceptors (Lipinski definition) is 3. The van der Waals surface area contributed by atoms with E-state index in [-0.39, 0.29) is 15.8 Å². The first-order valence-electron chi connectivity index (χ1n) is 7.01. The van der Waals surface area contributed by atoms with Crippen molar-refractivity contribution in [3.05, 3.63) is 65.6 Å². The van der Waals surface area contributed by atoms with E-state index in [1.165, 1.54) is 12.3 Å². The minimum absolute atomic E-state index is 0.00107. The number of aromatic nitrogens is 1. The largest absolute Gasteiger partial charge is 0.280 e. The molecule has 0 bridgehead atoms. The lowest BCUT2D eigenvalue weighted by atomic mass is 10.1. The molecule has 6 heteroatoms. The summed E-state index contributed by atoms with van der Waals surface area (Å²) in [7, 11) is -3.85. The zero-order valence-corrected chi connectivity index (χ0v) is 13.5. The number of sulfonamides is 1. The Morgan fingerprint density at radius 1 is 1.04 bits per heavy atom. The molecule has 3 rings (SSSR count). The summed E-state index contributed by atoms with van der Waals surface area (Å²) in [4.78, 5) is 3.92. The fourth-order valence-electron chi connectivity index (χ4n) is 2.59. The van der Waals surface area contributed by atoms with E-state index in [9.17, 15) is 12.8 Å². The van der Waals surface area contributed by atoms with Crippen LogP contribution in [0.3, 0.4) is 0 Å². The van der Waals surface area contributed by atoms with Crippen molar-refractivity contribution in [1.29, 1.82) is 0 Å². The SMILES string of the molecule is Cc1cc(C)cc(NS(=O)(=O)c2ccc(F)c3ncccc23)c1. The van der Waals surface area contributed by atoms with Gasteiger partial charge in [0.05, 0.1) is 4.90 Å². The van der Waals surface area contributed by atoms with E-state index in [0.717, 1.165) is 17.2 Å². The van der Waals surface area contributed by atoms with Gasteiger partial charge in [-0.15, -0.1) is 0 Å². The van der Waals surface area contributed by atoms with E-state index < -0.39 is 15.8 Å². The molecule has 2 aromatic carbocycles. The molecule has 1 heterocycles. The number of nitrogens with one attached hydrogen (secondary N) is 1. The Morgan fingerprint density at radius 2 is 1.74 bits per heavy atom. The van der Waals surface area contributed by atoms with E-state index in [4.69, 9.17) is 0 Å². The second kappa shape index (κ2) is 5.62. The van der Waals surface area contributed by atoms with Crippen LogP contribution in [0.5, 0.6) is 0 Å². The summed E-state index contributed by atoms with van der Waals surface area (Å²) >= 11 is 0. The van der Waals surface area contributed by atoms with Gasteiger partial charge in [0.2, 0.25) is 0 Å². The van der Waals surface area contributed by atoms with Gasteiger partial charge in [0, 0.05) is 17.3 Å². The number of aryl methyl sites for hydroxylation is 2. The summed E-state index contributed by atoms with van der Waals surface area (Å²) in [5.74, 6) is -0.550. The van der Waals surface area contributed by atoms with Crippen molar-refractivity contribution in [2.75, 3.05) is 4.72 Å². The Hall–Kier alpha value is -2.47. The van der Waals surface area contributed by atoms with Crippen LogP contribution in [0.2, 0.25) is 0 Å². The van der Waals surface area contributed by atoms with E-state index in [2.05, 4.69) is 9.71 Å². The van der Waals surface area contributed by atoms with Crippen molar-refractivity contribution in [3.8, 4) is 0 Å². The number of pyridine rings is 1. The molecular weight excluding hydrogens is 315 g/mol. The third-order valence-corrected chi connectivity index (χ3v) is 4.88. The summed E-state index contributed by atoms with van der Waals surface area (Å²) < 4.78 is 41.7. The molecule has 4 nitrogen and oxygen atoms in total. The van der Waals surface area contributed by atoms with Crippen LogP contribution in [0.15, 0.2) is 53.6 Å². The van der Waals surface area contributed by atoms with Crippen molar-refractivity contribution < 1.29 is 12.8 Å². The predicted molar refractivity (Wildman–Crippen MR) is 88.4 cm³/mol. The minimum atomic E-state index is -3.85. The lowest BCUT2D eigenvalue weighted by Crippen LogP contribution is -2.14. The number of anilines is 1. The Kier molecular flexibility index (Phi) is 3.77. The number of rotatable bonds is 3. The van der Waals surface area contributed by atoms with Gasteiger partial charge >= 0.3 is 0 Å². The Morgan fingerprint density at radius 3 is 2.43 bits per heavy atom. The Bertz CT molecular complexity index is 980. The highest BCUT2D eigenvalue weighted by Crippen LogP contribution is 2.26. The molecule has 0 aliphatic carbocycles. The van der Waals surface area contributed by atoms with Crippen LogP contribution in [0.25, 0.3) is 10.9 Å². The molecule has 23 heavy (non-hydrogen) atoms. The summed E-state index contributed by atoms with van der Waals surface area (Å²) in [5.41, 5.74) is 2.42. The molecule has 0 unspecified atom stereocenters. The molecule has 0 spiro atoms. The van der Waals surface area contributed by atoms with Crippen LogP contribution in [0.4, 0.5) is 10.1 Å². The molecule has 1 aromatic heterocycles. The number of hydrogen-bond donors (Lipinski definition) is 1. The highest BCUT2D eigenvalue weighted by Gasteiger charge is 2.19. The maximum Gasteiger partial charge on any atom is 0.262 e. The van der Waals surface area contributed by atoms with Gasteiger partial charge in [-0.25, -0.2) is 12.8 Å². The van der Waals surface area contributed by atoms with Crippen molar-refractivity contribution in [2.45, 2.75) is 18.7 Å². The van der Waals surface area contributed by atoms with Gasteiger partial charge < -0.3 is 0 Å². The summed E-state index contributed by atoms with van der Waals surface area (Å²) in [6, 6.07) is 10.9. The zero-order chi connectivity index (χ0) is 16.6. The lowest BCUT2D eigenvalue weighted by Gasteiger charge is -2.12. The van der Waals surface area contributed by atoms with Crippen LogP contribution in [0.1, 0.15) is 11.1 Å². The van der Waals surface area contributed by atoms with Crippen LogP contribution >= 0.6 is 0 Å². The monoisotopic (exact) mass is 330 g/mol. The first-order valence-corrected chi connectivity index (χ1v) is 8.49. The fraction of sp³-hybridized carbons (Fsp3) is 0.118. The highest BCUT2D eigenvalue weighted by molar-refractivity contribution is 7.93. The maximum absolute atomic E-state index is 13.8. The Labute approximate surface area is 134 Å². The first kappa shape index (κ1) is 15.4. The molecule has 0 aliphatic heterocycles. The summed E-state index contributed by atoms with van der Waals surface area (Å²) in [5, 5.41) is 0.254. The molecule has 0 fully saturated rings. The second-order valence-corrected chi connectivity index (χ2v) is 7.08. The van der Waals surface area contributed by atoms with Crippen molar-refractivity contribution in [3.63, 3.8) is 0 Å². The first-order chi connectivity index (χ1) is 10.9. The standard InChI is InChI=1S/C17H15FN2O2S/c1-11-8-12(2)10-13(9-11)20-23(21,22)16-6-5-15(18)17-14(16)4-3-7-19-17/h3-10,20H,1-2H3. The molecule has 0 aliphatic rings. The van der Waals surface area contributed by atoms with E-state index in [1.807, 2.05) is 19.9 Å². The van der Waals surface area contributed by atoms with E-state index >= 15 is 0 Å². The third-order valence-electron chi connectivity index (χ3n) is 3.44. The molecular formula is C17H15FN2O2S. The van der Waals surface area contributed by atoms with Gasteiger partial charge in [0.15, 0.2) is 0 Å². The lowest BCUT2D eigenvalue weighted by molar-refractivity contribution is 0.601. The maximum atomic E-state index is 13.8. The van der Waals surface area contributed by atoms with E-state index in [1.54, 1.807) is 24.3 Å². The molecule has 1 N–H and O–H groups in total. The van der Waals surface area contributed by atoms with Crippen LogP contribution in [0, 0.1) is 19.7 Å². The molecule has 0 saturated heterocycles. The molecule has 0 atom stereocenters. The second-order valence-electron chi connectivity index (χ2n) is 5.43. The number of benzene rings is 2. The van der Waals surface area contributed by atoms with Gasteiger partial charge in [0.25, 0.3) is 10.0 Å². The smallest absolute Gasteiger partial charge is 0.262 e. The van der Waals surface area contributed by atoms with Crippen molar-refractivity contribution in [1.82, 2.24) is 4.98 Å². The summed E-state index contributed by atoms with van der Waals surface area (Å²) in [6.07, 6.45) is 1.43. The quantitative estimate of drug-likeness (QED) is 0.795. The van der Waals surface area contributed by atoms with Gasteiger partial charge in [0.1, 0.15) is 11.3 Å². The fourth-order valence-corrected chi connectivity index (χ4v) is 3.83. The average Bonchev–Trinajstić information content (AvgIpc) is 2.46. The molecule has 3 aromatic rings. The molecule has 0 amide bonds. The highest BCUT2D eigenvalue weighted by atomic mass is 32.2. The predicted octanol–water partition coefficient (Wildman–Crippen LogP) is 3.79. The molecule has 118 valence electrons. The number of nitrogens with zero attached hydrogens (tertiary/aromatic N) is 1. The van der Waals surface area contributed by atoms with E-state index in [0.29, 0.717) is 5.69 Å². The average molecular weight is 330 g/mol. The van der Waals surface area contributed by atoms with Crippen molar-refractivity contribution >= 4 is 26.6 Å².